The summed E-state index contributed by atoms with van der Waals surface area (Å²) in [6, 6.07) is 3.27. The molecule has 3 atom stereocenters. The van der Waals surface area contributed by atoms with E-state index in [1.165, 1.54) is 24.3 Å². The molecule has 1 aromatic rings. The van der Waals surface area contributed by atoms with Crippen LogP contribution in [0.25, 0.3) is 0 Å². The largest absolute Gasteiger partial charge is 0.326 e. The molecule has 2 heterocycles. The van der Waals surface area contributed by atoms with Crippen molar-refractivity contribution < 1.29 is 0 Å². The molecule has 0 spiro atoms. The zero-order valence-corrected chi connectivity index (χ0v) is 14.4. The van der Waals surface area contributed by atoms with E-state index >= 15 is 0 Å². The van der Waals surface area contributed by atoms with Crippen LogP contribution in [0.4, 0.5) is 0 Å². The minimum atomic E-state index is 0.141. The van der Waals surface area contributed by atoms with Crippen molar-refractivity contribution in [3.8, 4) is 0 Å². The number of hydrogen-bond acceptors (Lipinski definition) is 4. The fourth-order valence-electron chi connectivity index (χ4n) is 3.01. The van der Waals surface area contributed by atoms with E-state index in [0.29, 0.717) is 12.1 Å². The molecule has 1 aliphatic heterocycles. The Hall–Kier alpha value is 0.0600. The van der Waals surface area contributed by atoms with Crippen molar-refractivity contribution in [3.63, 3.8) is 0 Å². The number of hydrogen-bond donors (Lipinski definition) is 1. The van der Waals surface area contributed by atoms with E-state index in [0.717, 1.165) is 11.0 Å². The Labute approximate surface area is 128 Å². The fraction of sp³-hybridized carbons (Fsp3) is 0.714. The van der Waals surface area contributed by atoms with E-state index in [1.54, 1.807) is 11.3 Å². The van der Waals surface area contributed by atoms with Gasteiger partial charge in [-0.2, -0.15) is 0 Å². The number of rotatable bonds is 4. The Bertz CT molecular complexity index is 407. The molecule has 2 rings (SSSR count). The van der Waals surface area contributed by atoms with Gasteiger partial charge in [-0.15, -0.1) is 11.3 Å². The van der Waals surface area contributed by atoms with Gasteiger partial charge >= 0.3 is 0 Å². The monoisotopic (exact) mass is 345 g/mol. The van der Waals surface area contributed by atoms with Crippen LogP contribution in [0.1, 0.15) is 30.7 Å². The highest BCUT2D eigenvalue weighted by Gasteiger charge is 2.30. The van der Waals surface area contributed by atoms with Crippen LogP contribution in [0.15, 0.2) is 15.9 Å². The average Bonchev–Trinajstić information content (AvgIpc) is 2.75. The summed E-state index contributed by atoms with van der Waals surface area (Å²) in [5.41, 5.74) is 6.26. The first-order chi connectivity index (χ1) is 8.99. The molecule has 2 N–H and O–H groups in total. The Kier molecular flexibility index (Phi) is 5.43. The minimum absolute atomic E-state index is 0.141. The summed E-state index contributed by atoms with van der Waals surface area (Å²) >= 11 is 5.34. The number of nitrogens with two attached hydrogens (primary N) is 1. The summed E-state index contributed by atoms with van der Waals surface area (Å²) in [5, 5.41) is 2.14. The van der Waals surface area contributed by atoms with Gasteiger partial charge in [-0.25, -0.2) is 0 Å². The van der Waals surface area contributed by atoms with Gasteiger partial charge in [-0.1, -0.05) is 0 Å². The highest BCUT2D eigenvalue weighted by molar-refractivity contribution is 9.10. The molecule has 0 bridgehead atoms. The zero-order valence-electron chi connectivity index (χ0n) is 12.0. The lowest BCUT2D eigenvalue weighted by molar-refractivity contribution is 0.0907. The molecule has 19 heavy (non-hydrogen) atoms. The van der Waals surface area contributed by atoms with Crippen molar-refractivity contribution in [2.75, 3.05) is 27.2 Å². The Morgan fingerprint density at radius 2 is 2.32 bits per heavy atom. The molecular weight excluding hydrogens is 322 g/mol. The molecule has 0 aromatic carbocycles. The third kappa shape index (κ3) is 3.79. The second-order valence-corrected chi connectivity index (χ2v) is 7.55. The molecule has 0 radical (unpaired) electrons. The van der Waals surface area contributed by atoms with Crippen molar-refractivity contribution in [1.29, 1.82) is 0 Å². The highest BCUT2D eigenvalue weighted by atomic mass is 79.9. The van der Waals surface area contributed by atoms with E-state index < -0.39 is 0 Å². The van der Waals surface area contributed by atoms with Crippen molar-refractivity contribution in [2.24, 2.45) is 5.73 Å². The van der Waals surface area contributed by atoms with Crippen LogP contribution >= 0.6 is 27.3 Å². The molecule has 1 aliphatic rings. The molecular formula is C14H24BrN3S. The van der Waals surface area contributed by atoms with Crippen LogP contribution in [0.2, 0.25) is 0 Å². The first-order valence-electron chi connectivity index (χ1n) is 6.89. The quantitative estimate of drug-likeness (QED) is 0.910. The van der Waals surface area contributed by atoms with Gasteiger partial charge in [0.25, 0.3) is 0 Å². The molecule has 108 valence electrons. The van der Waals surface area contributed by atoms with Crippen LogP contribution in [0.5, 0.6) is 0 Å². The number of halogens is 1. The SMILES string of the molecule is CC(N)C(c1cc(Br)cs1)N(C)C1CCCN(C)C1. The van der Waals surface area contributed by atoms with Crippen molar-refractivity contribution in [3.05, 3.63) is 20.8 Å². The second kappa shape index (κ2) is 6.68. The van der Waals surface area contributed by atoms with E-state index in [2.05, 4.69) is 58.2 Å². The van der Waals surface area contributed by atoms with Crippen LogP contribution in [-0.2, 0) is 0 Å². The first-order valence-corrected chi connectivity index (χ1v) is 8.56. The number of nitrogens with zero attached hydrogens (tertiary/aromatic N) is 2. The lowest BCUT2D eigenvalue weighted by Gasteiger charge is -2.41. The predicted octanol–water partition coefficient (Wildman–Crippen LogP) is 2.92. The maximum Gasteiger partial charge on any atom is 0.0591 e. The van der Waals surface area contributed by atoms with Gasteiger partial charge in [-0.3, -0.25) is 4.90 Å². The van der Waals surface area contributed by atoms with Gasteiger partial charge in [0.05, 0.1) is 6.04 Å². The Balaban J connectivity index is 2.14. The minimum Gasteiger partial charge on any atom is -0.326 e. The third-order valence-corrected chi connectivity index (χ3v) is 5.76. The maximum absolute atomic E-state index is 6.26. The van der Waals surface area contributed by atoms with E-state index in [9.17, 15) is 0 Å². The molecule has 3 unspecified atom stereocenters. The van der Waals surface area contributed by atoms with Crippen LogP contribution < -0.4 is 5.73 Å². The molecule has 0 aliphatic carbocycles. The average molecular weight is 346 g/mol. The Morgan fingerprint density at radius 1 is 1.58 bits per heavy atom. The molecule has 5 heteroatoms. The molecule has 3 nitrogen and oxygen atoms in total. The molecule has 1 fully saturated rings. The lowest BCUT2D eigenvalue weighted by atomic mass is 10.00. The van der Waals surface area contributed by atoms with Gasteiger partial charge in [-0.05, 0) is 62.4 Å². The van der Waals surface area contributed by atoms with Crippen molar-refractivity contribution in [2.45, 2.75) is 37.9 Å². The standard InChI is InChI=1S/C14H24BrN3S/c1-10(16)14(13-7-11(15)9-19-13)18(3)12-5-4-6-17(2)8-12/h7,9-10,12,14H,4-6,8,16H2,1-3H3. The molecule has 1 saturated heterocycles. The summed E-state index contributed by atoms with van der Waals surface area (Å²) in [4.78, 5) is 6.27. The third-order valence-electron chi connectivity index (χ3n) is 3.99. The van der Waals surface area contributed by atoms with Crippen LogP contribution in [0.3, 0.4) is 0 Å². The molecule has 0 saturated carbocycles. The van der Waals surface area contributed by atoms with Gasteiger partial charge in [0.1, 0.15) is 0 Å². The van der Waals surface area contributed by atoms with Crippen molar-refractivity contribution >= 4 is 27.3 Å². The summed E-state index contributed by atoms with van der Waals surface area (Å²) < 4.78 is 1.16. The Morgan fingerprint density at radius 3 is 2.84 bits per heavy atom. The van der Waals surface area contributed by atoms with Gasteiger partial charge in [0, 0.05) is 33.4 Å². The van der Waals surface area contributed by atoms with E-state index in [4.69, 9.17) is 5.73 Å². The maximum atomic E-state index is 6.26. The summed E-state index contributed by atoms with van der Waals surface area (Å²) in [5.74, 6) is 0. The molecule has 0 amide bonds. The number of thiophene rings is 1. The second-order valence-electron chi connectivity index (χ2n) is 5.70. The number of likely N-dealkylation sites (N-methyl/N-ethyl adjacent to an activating group) is 2. The highest BCUT2D eigenvalue weighted by Crippen LogP contribution is 2.33. The fourth-order valence-corrected chi connectivity index (χ4v) is 4.72. The van der Waals surface area contributed by atoms with Gasteiger partial charge < -0.3 is 10.6 Å². The lowest BCUT2D eigenvalue weighted by Crippen LogP contribution is -2.49. The first kappa shape index (κ1) is 15.4. The summed E-state index contributed by atoms with van der Waals surface area (Å²) in [6.45, 7) is 4.48. The normalized spacial score (nSPS) is 24.6. The predicted molar refractivity (Wildman–Crippen MR) is 86.7 cm³/mol. The van der Waals surface area contributed by atoms with E-state index in [1.807, 2.05) is 0 Å². The van der Waals surface area contributed by atoms with Gasteiger partial charge in [0.15, 0.2) is 0 Å². The molecule has 1 aromatic heterocycles. The summed E-state index contributed by atoms with van der Waals surface area (Å²) in [6.07, 6.45) is 2.56. The summed E-state index contributed by atoms with van der Waals surface area (Å²) in [7, 11) is 4.44. The van der Waals surface area contributed by atoms with E-state index in [-0.39, 0.29) is 6.04 Å². The topological polar surface area (TPSA) is 32.5 Å². The van der Waals surface area contributed by atoms with Crippen LogP contribution in [0, 0.1) is 0 Å². The van der Waals surface area contributed by atoms with Gasteiger partial charge in [0.2, 0.25) is 0 Å². The number of piperidine rings is 1. The number of likely N-dealkylation sites (tertiary alicyclic amines) is 1. The smallest absolute Gasteiger partial charge is 0.0591 e. The van der Waals surface area contributed by atoms with Crippen molar-refractivity contribution in [1.82, 2.24) is 9.80 Å². The zero-order chi connectivity index (χ0) is 14.0. The van der Waals surface area contributed by atoms with Crippen LogP contribution in [-0.4, -0.2) is 49.1 Å².